The number of esters is 1. The molecule has 0 aliphatic rings. The molecule has 112 valence electrons. The van der Waals surface area contributed by atoms with E-state index < -0.39 is 17.6 Å². The van der Waals surface area contributed by atoms with Crippen LogP contribution in [0.4, 0.5) is 0 Å². The number of ether oxygens (including phenoxy) is 1. The van der Waals surface area contributed by atoms with E-state index in [0.29, 0.717) is 0 Å². The Morgan fingerprint density at radius 1 is 0.947 bits per heavy atom. The average molecular weight is 271 g/mol. The third-order valence-electron chi connectivity index (χ3n) is 2.86. The molecule has 0 aliphatic heterocycles. The van der Waals surface area contributed by atoms with Crippen LogP contribution in [-0.4, -0.2) is 23.5 Å². The fourth-order valence-corrected chi connectivity index (χ4v) is 2.13. The van der Waals surface area contributed by atoms with Crippen LogP contribution in [0.25, 0.3) is 0 Å². The minimum Gasteiger partial charge on any atom is -0.458 e. The zero-order valence-electron chi connectivity index (χ0n) is 13.5. The van der Waals surface area contributed by atoms with E-state index >= 15 is 0 Å². The molecule has 0 unspecified atom stereocenters. The molecule has 0 saturated carbocycles. The summed E-state index contributed by atoms with van der Waals surface area (Å²) in [7, 11) is 0. The first kappa shape index (κ1) is 17.9. The molecule has 0 bridgehead atoms. The summed E-state index contributed by atoms with van der Waals surface area (Å²) in [5, 5.41) is 2.75. The van der Waals surface area contributed by atoms with E-state index in [9.17, 15) is 9.59 Å². The van der Waals surface area contributed by atoms with Crippen LogP contribution in [0.5, 0.6) is 0 Å². The highest BCUT2D eigenvalue weighted by Crippen LogP contribution is 2.21. The van der Waals surface area contributed by atoms with Crippen LogP contribution in [0.3, 0.4) is 0 Å². The quantitative estimate of drug-likeness (QED) is 0.782. The average Bonchev–Trinajstić information content (AvgIpc) is 2.12. The molecular weight excluding hydrogens is 242 g/mol. The first-order valence-electron chi connectivity index (χ1n) is 6.99. The van der Waals surface area contributed by atoms with E-state index in [1.807, 2.05) is 48.5 Å². The largest absolute Gasteiger partial charge is 0.458 e. The second kappa shape index (κ2) is 6.92. The lowest BCUT2D eigenvalue weighted by Gasteiger charge is -2.27. The number of hydrogen-bond acceptors (Lipinski definition) is 3. The SMILES string of the molecule is CC(C)C(C(=O)N[C@@H](C)C(=O)OC(C)(C)C)C(C)C. The monoisotopic (exact) mass is 271 g/mol. The Bertz CT molecular complexity index is 308. The van der Waals surface area contributed by atoms with Crippen LogP contribution in [0.15, 0.2) is 0 Å². The second-order valence-corrected chi connectivity index (χ2v) is 6.78. The van der Waals surface area contributed by atoms with Gasteiger partial charge in [-0.3, -0.25) is 4.79 Å². The molecular formula is C15H29NO3. The third kappa shape index (κ3) is 6.60. The van der Waals surface area contributed by atoms with E-state index in [2.05, 4.69) is 5.32 Å². The van der Waals surface area contributed by atoms with Crippen molar-refractivity contribution >= 4 is 11.9 Å². The van der Waals surface area contributed by atoms with Gasteiger partial charge in [-0.05, 0) is 39.5 Å². The molecule has 0 aliphatic carbocycles. The zero-order valence-corrected chi connectivity index (χ0v) is 13.5. The Hall–Kier alpha value is -1.06. The molecule has 0 spiro atoms. The smallest absolute Gasteiger partial charge is 0.328 e. The molecule has 0 aromatic rings. The van der Waals surface area contributed by atoms with Crippen LogP contribution in [0.2, 0.25) is 0 Å². The number of carbonyl (C=O) groups excluding carboxylic acids is 2. The molecule has 4 nitrogen and oxygen atoms in total. The highest BCUT2D eigenvalue weighted by atomic mass is 16.6. The maximum Gasteiger partial charge on any atom is 0.328 e. The normalized spacial score (nSPS) is 13.8. The Labute approximate surface area is 117 Å². The van der Waals surface area contributed by atoms with Crippen LogP contribution in [0.1, 0.15) is 55.4 Å². The third-order valence-corrected chi connectivity index (χ3v) is 2.86. The molecule has 0 aromatic heterocycles. The maximum absolute atomic E-state index is 12.2. The van der Waals surface area contributed by atoms with Gasteiger partial charge >= 0.3 is 5.97 Å². The van der Waals surface area contributed by atoms with Crippen molar-refractivity contribution in [3.05, 3.63) is 0 Å². The summed E-state index contributed by atoms with van der Waals surface area (Å²) in [5.74, 6) is -0.0861. The maximum atomic E-state index is 12.2. The highest BCUT2D eigenvalue weighted by Gasteiger charge is 2.29. The van der Waals surface area contributed by atoms with Crippen LogP contribution in [0, 0.1) is 17.8 Å². The first-order valence-corrected chi connectivity index (χ1v) is 6.99. The van der Waals surface area contributed by atoms with Gasteiger partial charge in [0, 0.05) is 5.92 Å². The van der Waals surface area contributed by atoms with Gasteiger partial charge in [-0.2, -0.15) is 0 Å². The zero-order chi connectivity index (χ0) is 15.4. The molecule has 0 heterocycles. The molecule has 19 heavy (non-hydrogen) atoms. The predicted octanol–water partition coefficient (Wildman–Crippen LogP) is 2.76. The van der Waals surface area contributed by atoms with Gasteiger partial charge in [-0.15, -0.1) is 0 Å². The van der Waals surface area contributed by atoms with Gasteiger partial charge in [-0.1, -0.05) is 27.7 Å². The molecule has 1 atom stereocenters. The predicted molar refractivity (Wildman–Crippen MR) is 76.6 cm³/mol. The lowest BCUT2D eigenvalue weighted by molar-refractivity contribution is -0.158. The lowest BCUT2D eigenvalue weighted by atomic mass is 9.84. The molecule has 0 saturated heterocycles. The fraction of sp³-hybridized carbons (Fsp3) is 0.867. The van der Waals surface area contributed by atoms with Crippen molar-refractivity contribution in [1.29, 1.82) is 0 Å². The van der Waals surface area contributed by atoms with Gasteiger partial charge in [0.05, 0.1) is 0 Å². The van der Waals surface area contributed by atoms with Crippen LogP contribution >= 0.6 is 0 Å². The number of rotatable bonds is 5. The highest BCUT2D eigenvalue weighted by molar-refractivity contribution is 5.85. The minimum atomic E-state index is -0.619. The molecule has 0 fully saturated rings. The molecule has 0 radical (unpaired) electrons. The Balaban J connectivity index is 4.59. The van der Waals surface area contributed by atoms with Crippen molar-refractivity contribution in [3.8, 4) is 0 Å². The first-order chi connectivity index (χ1) is 8.45. The van der Waals surface area contributed by atoms with Crippen molar-refractivity contribution < 1.29 is 14.3 Å². The fourth-order valence-electron chi connectivity index (χ4n) is 2.13. The number of nitrogens with one attached hydrogen (secondary N) is 1. The van der Waals surface area contributed by atoms with Gasteiger partial charge in [0.1, 0.15) is 11.6 Å². The van der Waals surface area contributed by atoms with E-state index in [4.69, 9.17) is 4.74 Å². The Morgan fingerprint density at radius 2 is 1.37 bits per heavy atom. The second-order valence-electron chi connectivity index (χ2n) is 6.78. The van der Waals surface area contributed by atoms with Gasteiger partial charge < -0.3 is 10.1 Å². The van der Waals surface area contributed by atoms with Crippen LogP contribution < -0.4 is 5.32 Å². The Kier molecular flexibility index (Phi) is 6.53. The summed E-state index contributed by atoms with van der Waals surface area (Å²) in [4.78, 5) is 24.0. The number of carbonyl (C=O) groups is 2. The molecule has 1 amide bonds. The number of amides is 1. The topological polar surface area (TPSA) is 55.4 Å². The summed E-state index contributed by atoms with van der Waals surface area (Å²) in [5.41, 5.74) is -0.536. The van der Waals surface area contributed by atoms with E-state index in [-0.39, 0.29) is 23.7 Å². The molecule has 1 N–H and O–H groups in total. The minimum absolute atomic E-state index is 0.0802. The van der Waals surface area contributed by atoms with Gasteiger partial charge in [0.25, 0.3) is 0 Å². The summed E-state index contributed by atoms with van der Waals surface area (Å²) in [6.07, 6.45) is 0. The van der Waals surface area contributed by atoms with Crippen molar-refractivity contribution in [3.63, 3.8) is 0 Å². The van der Waals surface area contributed by atoms with Gasteiger partial charge in [0.15, 0.2) is 0 Å². The molecule has 0 aromatic carbocycles. The van der Waals surface area contributed by atoms with E-state index in [1.165, 1.54) is 0 Å². The van der Waals surface area contributed by atoms with E-state index in [0.717, 1.165) is 0 Å². The standard InChI is InChI=1S/C15H29NO3/c1-9(2)12(10(3)4)13(17)16-11(5)14(18)19-15(6,7)8/h9-12H,1-8H3,(H,16,17)/t11-/m0/s1. The Morgan fingerprint density at radius 3 is 1.68 bits per heavy atom. The summed E-state index contributed by atoms with van der Waals surface area (Å²) in [6.45, 7) is 15.2. The van der Waals surface area contributed by atoms with Gasteiger partial charge in [-0.25, -0.2) is 4.79 Å². The summed E-state index contributed by atoms with van der Waals surface area (Å²) in [6, 6.07) is -0.619. The van der Waals surface area contributed by atoms with E-state index in [1.54, 1.807) is 6.92 Å². The van der Waals surface area contributed by atoms with Gasteiger partial charge in [0.2, 0.25) is 5.91 Å². The van der Waals surface area contributed by atoms with Crippen molar-refractivity contribution in [2.45, 2.75) is 67.0 Å². The molecule has 0 rings (SSSR count). The molecule has 4 heteroatoms. The van der Waals surface area contributed by atoms with Crippen molar-refractivity contribution in [1.82, 2.24) is 5.32 Å². The summed E-state index contributed by atoms with van der Waals surface area (Å²) < 4.78 is 5.25. The number of hydrogen-bond donors (Lipinski definition) is 1. The summed E-state index contributed by atoms with van der Waals surface area (Å²) >= 11 is 0. The van der Waals surface area contributed by atoms with Crippen LogP contribution in [-0.2, 0) is 14.3 Å². The lowest BCUT2D eigenvalue weighted by Crippen LogP contribution is -2.46. The van der Waals surface area contributed by atoms with Crippen molar-refractivity contribution in [2.75, 3.05) is 0 Å². The van der Waals surface area contributed by atoms with Crippen molar-refractivity contribution in [2.24, 2.45) is 17.8 Å².